The minimum absolute atomic E-state index is 0.0939. The first kappa shape index (κ1) is 20.9. The summed E-state index contributed by atoms with van der Waals surface area (Å²) in [5.74, 6) is 0.837. The molecular formula is C18H23F3N6O2. The molecule has 8 nitrogen and oxygen atoms in total. The lowest BCUT2D eigenvalue weighted by molar-refractivity contribution is -0.137. The van der Waals surface area contributed by atoms with Crippen LogP contribution in [0, 0.1) is 0 Å². The monoisotopic (exact) mass is 412 g/mol. The molecule has 0 aliphatic carbocycles. The van der Waals surface area contributed by atoms with Gasteiger partial charge in [0.25, 0.3) is 0 Å². The van der Waals surface area contributed by atoms with Gasteiger partial charge in [0.2, 0.25) is 5.88 Å². The summed E-state index contributed by atoms with van der Waals surface area (Å²) in [7, 11) is 3.55. The van der Waals surface area contributed by atoms with Gasteiger partial charge in [0, 0.05) is 44.7 Å². The Hall–Kier alpha value is -2.82. The molecule has 1 fully saturated rings. The molecule has 3 heterocycles. The van der Waals surface area contributed by atoms with Gasteiger partial charge in [-0.15, -0.1) is 0 Å². The van der Waals surface area contributed by atoms with Crippen molar-refractivity contribution in [1.29, 1.82) is 0 Å². The van der Waals surface area contributed by atoms with Gasteiger partial charge in [-0.2, -0.15) is 18.3 Å². The molecule has 3 rings (SSSR count). The first-order valence-corrected chi connectivity index (χ1v) is 9.08. The maximum Gasteiger partial charge on any atom is 0.417 e. The summed E-state index contributed by atoms with van der Waals surface area (Å²) in [5.41, 5.74) is 0.197. The molecule has 1 aliphatic rings. The number of aryl methyl sites for hydroxylation is 1. The van der Waals surface area contributed by atoms with E-state index in [1.165, 1.54) is 6.07 Å². The maximum atomic E-state index is 12.5. The molecule has 0 spiro atoms. The fraction of sp³-hybridized carbons (Fsp3) is 0.500. The van der Waals surface area contributed by atoms with E-state index in [-0.39, 0.29) is 18.6 Å². The molecular weight excluding hydrogens is 389 g/mol. The van der Waals surface area contributed by atoms with Gasteiger partial charge >= 0.3 is 6.18 Å². The summed E-state index contributed by atoms with van der Waals surface area (Å²) in [6, 6.07) is 2.15. The van der Waals surface area contributed by atoms with Crippen LogP contribution in [0.1, 0.15) is 17.2 Å². The topological polar surface area (TPSA) is 76.8 Å². The molecule has 1 N–H and O–H groups in total. The Morgan fingerprint density at radius 2 is 2.21 bits per heavy atom. The third-order valence-corrected chi connectivity index (χ3v) is 4.37. The van der Waals surface area contributed by atoms with Gasteiger partial charge in [-0.25, -0.2) is 4.98 Å². The van der Waals surface area contributed by atoms with Crippen molar-refractivity contribution in [3.63, 3.8) is 0 Å². The Balaban J connectivity index is 1.46. The molecule has 0 aromatic carbocycles. The summed E-state index contributed by atoms with van der Waals surface area (Å²) in [4.78, 5) is 10.1. The first-order valence-electron chi connectivity index (χ1n) is 9.08. The van der Waals surface area contributed by atoms with E-state index in [4.69, 9.17) is 9.47 Å². The quantitative estimate of drug-likeness (QED) is 0.459. The zero-order valence-electron chi connectivity index (χ0n) is 16.2. The predicted octanol–water partition coefficient (Wildman–Crippen LogP) is 1.86. The highest BCUT2D eigenvalue weighted by molar-refractivity contribution is 5.80. The van der Waals surface area contributed by atoms with Crippen LogP contribution in [0.5, 0.6) is 5.88 Å². The van der Waals surface area contributed by atoms with Gasteiger partial charge in [0.1, 0.15) is 12.7 Å². The molecule has 0 radical (unpaired) electrons. The van der Waals surface area contributed by atoms with Crippen molar-refractivity contribution in [2.75, 3.05) is 39.9 Å². The van der Waals surface area contributed by atoms with Crippen LogP contribution in [0.2, 0.25) is 0 Å². The highest BCUT2D eigenvalue weighted by Gasteiger charge is 2.30. The number of nitrogens with zero attached hydrogens (tertiary/aromatic N) is 5. The van der Waals surface area contributed by atoms with E-state index >= 15 is 0 Å². The van der Waals surface area contributed by atoms with Gasteiger partial charge in [0.05, 0.1) is 31.5 Å². The Kier molecular flexibility index (Phi) is 6.57. The number of nitrogens with one attached hydrogen (secondary N) is 1. The number of hydrogen-bond donors (Lipinski definition) is 1. The lowest BCUT2D eigenvalue weighted by Gasteiger charge is -2.34. The van der Waals surface area contributed by atoms with Gasteiger partial charge in [-0.3, -0.25) is 9.67 Å². The van der Waals surface area contributed by atoms with Crippen LogP contribution in [0.15, 0.2) is 35.7 Å². The lowest BCUT2D eigenvalue weighted by atomic mass is 10.1. The molecule has 2 aromatic rings. The van der Waals surface area contributed by atoms with Crippen LogP contribution in [0.4, 0.5) is 13.2 Å². The second kappa shape index (κ2) is 9.12. The van der Waals surface area contributed by atoms with Crippen molar-refractivity contribution in [2.45, 2.75) is 12.3 Å². The minimum Gasteiger partial charge on any atom is -0.476 e. The normalized spacial score (nSPS) is 18.0. The second-order valence-corrected chi connectivity index (χ2v) is 6.46. The number of morpholine rings is 1. The molecule has 29 heavy (non-hydrogen) atoms. The smallest absolute Gasteiger partial charge is 0.417 e. The van der Waals surface area contributed by atoms with Crippen LogP contribution in [0.25, 0.3) is 0 Å². The molecule has 0 bridgehead atoms. The van der Waals surface area contributed by atoms with E-state index < -0.39 is 11.7 Å². The Morgan fingerprint density at radius 3 is 2.83 bits per heavy atom. The Morgan fingerprint density at radius 1 is 1.38 bits per heavy atom. The highest BCUT2D eigenvalue weighted by atomic mass is 19.4. The molecule has 0 saturated carbocycles. The molecule has 1 saturated heterocycles. The molecule has 2 aromatic heterocycles. The van der Waals surface area contributed by atoms with Crippen LogP contribution in [-0.2, 0) is 18.0 Å². The number of hydrogen-bond acceptors (Lipinski definition) is 5. The molecule has 158 valence electrons. The highest BCUT2D eigenvalue weighted by Crippen LogP contribution is 2.29. The van der Waals surface area contributed by atoms with E-state index in [0.717, 1.165) is 17.8 Å². The molecule has 1 aliphatic heterocycles. The number of halogens is 3. The van der Waals surface area contributed by atoms with Crippen LogP contribution < -0.4 is 10.1 Å². The number of guanidine groups is 1. The van der Waals surface area contributed by atoms with Gasteiger partial charge in [0.15, 0.2) is 5.96 Å². The van der Waals surface area contributed by atoms with Gasteiger partial charge in [-0.1, -0.05) is 0 Å². The van der Waals surface area contributed by atoms with Crippen molar-refractivity contribution < 1.29 is 22.6 Å². The van der Waals surface area contributed by atoms with Crippen molar-refractivity contribution in [2.24, 2.45) is 12.0 Å². The van der Waals surface area contributed by atoms with Crippen molar-refractivity contribution in [3.8, 4) is 5.88 Å². The fourth-order valence-corrected chi connectivity index (χ4v) is 2.93. The molecule has 11 heteroatoms. The number of aliphatic imine (C=N–C) groups is 1. The van der Waals surface area contributed by atoms with Crippen molar-refractivity contribution in [3.05, 3.63) is 41.9 Å². The third-order valence-electron chi connectivity index (χ3n) is 4.37. The van der Waals surface area contributed by atoms with Crippen molar-refractivity contribution >= 4 is 5.96 Å². The van der Waals surface area contributed by atoms with E-state index in [0.29, 0.717) is 32.2 Å². The maximum absolute atomic E-state index is 12.5. The lowest BCUT2D eigenvalue weighted by Crippen LogP contribution is -2.48. The van der Waals surface area contributed by atoms with Crippen LogP contribution in [0.3, 0.4) is 0 Å². The fourth-order valence-electron chi connectivity index (χ4n) is 2.93. The average Bonchev–Trinajstić information content (AvgIpc) is 3.14. The first-order chi connectivity index (χ1) is 13.9. The zero-order chi connectivity index (χ0) is 20.9. The second-order valence-electron chi connectivity index (χ2n) is 6.46. The Bertz CT molecular complexity index is 822. The van der Waals surface area contributed by atoms with E-state index in [9.17, 15) is 13.2 Å². The average molecular weight is 412 g/mol. The summed E-state index contributed by atoms with van der Waals surface area (Å²) in [6.45, 7) is 2.54. The van der Waals surface area contributed by atoms with E-state index in [2.05, 4.69) is 25.3 Å². The third kappa shape index (κ3) is 5.59. The number of rotatable bonds is 5. The molecule has 1 unspecified atom stereocenters. The minimum atomic E-state index is -4.41. The number of aromatic nitrogens is 3. The van der Waals surface area contributed by atoms with Crippen molar-refractivity contribution in [1.82, 2.24) is 25.0 Å². The molecule has 1 atom stereocenters. The van der Waals surface area contributed by atoms with Gasteiger partial charge in [-0.05, 0) is 6.07 Å². The number of alkyl halides is 3. The van der Waals surface area contributed by atoms with E-state index in [1.54, 1.807) is 17.9 Å². The van der Waals surface area contributed by atoms with Crippen LogP contribution in [-0.4, -0.2) is 65.5 Å². The zero-order valence-corrected chi connectivity index (χ0v) is 16.2. The number of ether oxygens (including phenoxy) is 2. The van der Waals surface area contributed by atoms with E-state index in [1.807, 2.05) is 13.2 Å². The largest absolute Gasteiger partial charge is 0.476 e. The summed E-state index contributed by atoms with van der Waals surface area (Å²) in [5, 5.41) is 7.37. The summed E-state index contributed by atoms with van der Waals surface area (Å²) in [6.07, 6.45) is -0.0344. The predicted molar refractivity (Wildman–Crippen MR) is 99.6 cm³/mol. The number of pyridine rings is 1. The van der Waals surface area contributed by atoms with Crippen LogP contribution >= 0.6 is 0 Å². The Labute approximate surface area is 166 Å². The SMILES string of the molecule is CN=C(NCCOc1ccc(C(F)(F)F)cn1)N1CCOC(c2cnn(C)c2)C1. The van der Waals surface area contributed by atoms with Gasteiger partial charge < -0.3 is 19.7 Å². The standard InChI is InChI=1S/C18H23F3N6O2/c1-22-17(27-6-8-28-15(12-27)13-9-25-26(2)11-13)23-5-7-29-16-4-3-14(10-24-16)18(19,20)21/h3-4,9-11,15H,5-8,12H2,1-2H3,(H,22,23). The molecule has 0 amide bonds. The summed E-state index contributed by atoms with van der Waals surface area (Å²) >= 11 is 0. The summed E-state index contributed by atoms with van der Waals surface area (Å²) < 4.78 is 50.6.